The predicted octanol–water partition coefficient (Wildman–Crippen LogP) is 2.29. The molecule has 192 valence electrons. The van der Waals surface area contributed by atoms with Crippen molar-refractivity contribution in [3.05, 3.63) is 23.8 Å². The summed E-state index contributed by atoms with van der Waals surface area (Å²) in [5, 5.41) is 20.0. The average Bonchev–Trinajstić information content (AvgIpc) is 3.29. The summed E-state index contributed by atoms with van der Waals surface area (Å²) in [5.41, 5.74) is 6.61. The number of primary amides is 1. The van der Waals surface area contributed by atoms with Crippen molar-refractivity contribution in [3.8, 4) is 10.6 Å². The smallest absolute Gasteiger partial charge is 0.475 e. The van der Waals surface area contributed by atoms with Gasteiger partial charge in [-0.2, -0.15) is 13.2 Å². The third kappa shape index (κ3) is 7.32. The summed E-state index contributed by atoms with van der Waals surface area (Å²) in [4.78, 5) is 48.4. The minimum Gasteiger partial charge on any atom is -0.475 e. The number of aliphatic hydroxyl groups is 1. The number of urea groups is 1. The summed E-state index contributed by atoms with van der Waals surface area (Å²) in [6.07, 6.45) is -4.00. The van der Waals surface area contributed by atoms with E-state index in [1.54, 1.807) is 12.3 Å². The summed E-state index contributed by atoms with van der Waals surface area (Å²) in [7, 11) is 0. The molecule has 1 saturated heterocycles. The molecule has 2 aromatic heterocycles. The maximum absolute atomic E-state index is 12.6. The number of anilines is 1. The first-order valence-corrected chi connectivity index (χ1v) is 11.0. The molecule has 15 heteroatoms. The van der Waals surface area contributed by atoms with Crippen LogP contribution in [0.5, 0.6) is 0 Å². The number of hydrogen-bond donors (Lipinski definition) is 4. The highest BCUT2D eigenvalue weighted by atomic mass is 32.1. The third-order valence-corrected chi connectivity index (χ3v) is 5.78. The first-order valence-electron chi connectivity index (χ1n) is 10.2. The molecule has 3 heterocycles. The van der Waals surface area contributed by atoms with Gasteiger partial charge in [0, 0.05) is 24.6 Å². The van der Waals surface area contributed by atoms with E-state index in [-0.39, 0.29) is 18.4 Å². The number of aromatic nitrogens is 3. The molecule has 2 aromatic rings. The van der Waals surface area contributed by atoms with Crippen LogP contribution in [0, 0.1) is 6.92 Å². The molecule has 2 atom stereocenters. The second kappa shape index (κ2) is 10.5. The number of carbonyl (C=O) groups excluding carboxylic acids is 2. The van der Waals surface area contributed by atoms with Gasteiger partial charge in [0.1, 0.15) is 11.9 Å². The molecular formula is C20H25F3N6O5S. The maximum atomic E-state index is 12.6. The molecule has 0 radical (unpaired) electrons. The lowest BCUT2D eigenvalue weighted by Crippen LogP contribution is -2.45. The fourth-order valence-electron chi connectivity index (χ4n) is 3.01. The van der Waals surface area contributed by atoms with E-state index in [2.05, 4.69) is 20.3 Å². The Morgan fingerprint density at radius 1 is 1.23 bits per heavy atom. The summed E-state index contributed by atoms with van der Waals surface area (Å²) in [6.45, 7) is 8.01. The molecule has 0 bridgehead atoms. The van der Waals surface area contributed by atoms with Crippen molar-refractivity contribution in [2.24, 2.45) is 5.73 Å². The van der Waals surface area contributed by atoms with Gasteiger partial charge in [0.2, 0.25) is 5.91 Å². The van der Waals surface area contributed by atoms with E-state index in [4.69, 9.17) is 15.6 Å². The molecule has 1 fully saturated rings. The van der Waals surface area contributed by atoms with Crippen LogP contribution in [0.25, 0.3) is 10.6 Å². The highest BCUT2D eigenvalue weighted by Crippen LogP contribution is 2.33. The maximum Gasteiger partial charge on any atom is 0.490 e. The van der Waals surface area contributed by atoms with E-state index < -0.39 is 36.2 Å². The number of carboxylic acid groups (broad SMARTS) is 1. The monoisotopic (exact) mass is 518 g/mol. The number of aliphatic carboxylic acids is 1. The Morgan fingerprint density at radius 2 is 1.83 bits per heavy atom. The molecule has 0 aromatic carbocycles. The molecule has 0 unspecified atom stereocenters. The summed E-state index contributed by atoms with van der Waals surface area (Å²) in [5.74, 6) is -2.68. The minimum atomic E-state index is -5.08. The number of aryl methyl sites for hydroxylation is 1. The van der Waals surface area contributed by atoms with E-state index in [1.807, 2.05) is 27.7 Å². The molecule has 3 amide bonds. The van der Waals surface area contributed by atoms with E-state index in [0.29, 0.717) is 5.13 Å². The number of carboxylic acids is 1. The van der Waals surface area contributed by atoms with Crippen LogP contribution < -0.4 is 11.1 Å². The highest BCUT2D eigenvalue weighted by molar-refractivity contribution is 7.19. The molecule has 5 N–H and O–H groups in total. The quantitative estimate of drug-likeness (QED) is 0.479. The Morgan fingerprint density at radius 3 is 2.34 bits per heavy atom. The van der Waals surface area contributed by atoms with Crippen molar-refractivity contribution in [2.75, 3.05) is 11.9 Å². The number of halogens is 3. The lowest BCUT2D eigenvalue weighted by molar-refractivity contribution is -0.192. The van der Waals surface area contributed by atoms with Crippen LogP contribution in [0.3, 0.4) is 0 Å². The second-order valence-electron chi connectivity index (χ2n) is 8.64. The zero-order valence-corrected chi connectivity index (χ0v) is 20.1. The number of rotatable bonds is 3. The van der Waals surface area contributed by atoms with Gasteiger partial charge in [-0.15, -0.1) is 0 Å². The van der Waals surface area contributed by atoms with Crippen molar-refractivity contribution >= 4 is 34.4 Å². The zero-order valence-electron chi connectivity index (χ0n) is 19.3. The Balaban J connectivity index is 0.000000540. The van der Waals surface area contributed by atoms with Crippen molar-refractivity contribution in [3.63, 3.8) is 0 Å². The van der Waals surface area contributed by atoms with E-state index in [0.717, 1.165) is 22.1 Å². The Labute approximate surface area is 202 Å². The number of carbonyl (C=O) groups is 3. The Kier molecular flexibility index (Phi) is 8.39. The molecule has 0 aliphatic carbocycles. The van der Waals surface area contributed by atoms with E-state index in [1.165, 1.54) is 16.2 Å². The molecule has 1 aliphatic heterocycles. The van der Waals surface area contributed by atoms with Gasteiger partial charge in [0.15, 0.2) is 5.13 Å². The third-order valence-electron chi connectivity index (χ3n) is 4.68. The SMILES string of the molecule is Cc1nc(NC(=O)N2C[C@H](O)C[C@H]2C(N)=O)sc1-c1ccnc(C(C)(C)C)n1.O=C(O)C(F)(F)F. The normalized spacial score (nSPS) is 18.0. The van der Waals surface area contributed by atoms with Gasteiger partial charge in [-0.05, 0) is 13.0 Å². The van der Waals surface area contributed by atoms with Crippen LogP contribution in [0.1, 0.15) is 38.7 Å². The van der Waals surface area contributed by atoms with Gasteiger partial charge in [0.05, 0.1) is 22.4 Å². The number of nitrogens with zero attached hydrogens (tertiary/aromatic N) is 4. The van der Waals surface area contributed by atoms with Gasteiger partial charge in [-0.1, -0.05) is 32.1 Å². The fraction of sp³-hybridized carbons (Fsp3) is 0.500. The van der Waals surface area contributed by atoms with Crippen LogP contribution in [-0.4, -0.2) is 72.8 Å². The lowest BCUT2D eigenvalue weighted by atomic mass is 9.95. The molecule has 0 saturated carbocycles. The average molecular weight is 519 g/mol. The fourth-order valence-corrected chi connectivity index (χ4v) is 3.93. The van der Waals surface area contributed by atoms with Crippen LogP contribution in [-0.2, 0) is 15.0 Å². The van der Waals surface area contributed by atoms with Gasteiger partial charge < -0.3 is 20.8 Å². The predicted molar refractivity (Wildman–Crippen MR) is 120 cm³/mol. The van der Waals surface area contributed by atoms with Crippen molar-refractivity contribution in [1.29, 1.82) is 0 Å². The van der Waals surface area contributed by atoms with Gasteiger partial charge in [0.25, 0.3) is 0 Å². The molecular weight excluding hydrogens is 493 g/mol. The van der Waals surface area contributed by atoms with Gasteiger partial charge >= 0.3 is 18.2 Å². The summed E-state index contributed by atoms with van der Waals surface area (Å²) >= 11 is 1.29. The Bertz CT molecular complexity index is 1100. The molecule has 35 heavy (non-hydrogen) atoms. The van der Waals surface area contributed by atoms with Crippen LogP contribution in [0.15, 0.2) is 12.3 Å². The summed E-state index contributed by atoms with van der Waals surface area (Å²) < 4.78 is 31.7. The Hall–Kier alpha value is -3.33. The zero-order chi connectivity index (χ0) is 26.7. The standard InChI is InChI=1S/C18H24N6O3S.C2HF3O2/c1-9-13(11-5-6-20-15(22-11)18(2,3)4)28-16(21-9)23-17(27)24-8-10(25)7-12(24)14(19)26;3-2(4,5)1(6)7/h5-6,10,12,25H,7-8H2,1-4H3,(H2,19,26)(H,21,23,27);(H,6,7)/t10-,12+;/m1./s1. The van der Waals surface area contributed by atoms with Crippen LogP contribution >= 0.6 is 11.3 Å². The number of β-amino-alcohol motifs (C(OH)–C–C–N with tert-alkyl or cyclic N) is 1. The second-order valence-corrected chi connectivity index (χ2v) is 9.64. The van der Waals surface area contributed by atoms with Crippen LogP contribution in [0.2, 0.25) is 0 Å². The molecule has 11 nitrogen and oxygen atoms in total. The molecule has 3 rings (SSSR count). The number of amides is 3. The van der Waals surface area contributed by atoms with E-state index in [9.17, 15) is 27.9 Å². The largest absolute Gasteiger partial charge is 0.490 e. The highest BCUT2D eigenvalue weighted by Gasteiger charge is 2.39. The molecule has 0 spiro atoms. The number of thiazole rings is 1. The minimum absolute atomic E-state index is 0.0531. The number of aliphatic hydroxyl groups excluding tert-OH is 1. The van der Waals surface area contributed by atoms with Crippen molar-refractivity contribution in [1.82, 2.24) is 19.9 Å². The van der Waals surface area contributed by atoms with Gasteiger partial charge in [-0.3, -0.25) is 10.1 Å². The molecule has 1 aliphatic rings. The summed E-state index contributed by atoms with van der Waals surface area (Å²) in [6, 6.07) is 0.465. The van der Waals surface area contributed by atoms with E-state index >= 15 is 0 Å². The van der Waals surface area contributed by atoms with Crippen molar-refractivity contribution < 1.29 is 37.8 Å². The van der Waals surface area contributed by atoms with Gasteiger partial charge in [-0.25, -0.2) is 24.5 Å². The number of nitrogens with one attached hydrogen (secondary N) is 1. The number of nitrogens with two attached hydrogens (primary N) is 1. The lowest BCUT2D eigenvalue weighted by Gasteiger charge is -2.21. The first kappa shape index (κ1) is 27.9. The first-order chi connectivity index (χ1) is 16.0. The number of alkyl halides is 3. The van der Waals surface area contributed by atoms with Crippen LogP contribution in [0.4, 0.5) is 23.1 Å². The number of likely N-dealkylation sites (tertiary alicyclic amines) is 1. The number of hydrogen-bond acceptors (Lipinski definition) is 8. The van der Waals surface area contributed by atoms with Crippen molar-refractivity contribution in [2.45, 2.75) is 57.9 Å². The topological polar surface area (TPSA) is 172 Å².